The first-order chi connectivity index (χ1) is 16.9. The number of halogens is 2. The minimum absolute atomic E-state index is 0.00955. The summed E-state index contributed by atoms with van der Waals surface area (Å²) in [5, 5.41) is 0.689. The molecule has 1 amide bonds. The van der Waals surface area contributed by atoms with Crippen molar-refractivity contribution in [3.8, 4) is 22.4 Å². The monoisotopic (exact) mass is 490 g/mol. The number of carbonyl (C=O) groups is 1. The van der Waals surface area contributed by atoms with Crippen molar-refractivity contribution in [2.75, 3.05) is 26.2 Å². The molecular formula is C28H28ClFN4O. The van der Waals surface area contributed by atoms with Crippen molar-refractivity contribution in [1.29, 1.82) is 0 Å². The van der Waals surface area contributed by atoms with Crippen LogP contribution in [0.4, 0.5) is 4.39 Å². The number of rotatable bonds is 5. The third kappa shape index (κ3) is 4.95. The largest absolute Gasteiger partial charge is 0.340 e. The maximum Gasteiger partial charge on any atom is 0.225 e. The number of imidazole rings is 1. The molecule has 0 radical (unpaired) electrons. The number of aromatic nitrogens is 2. The second kappa shape index (κ2) is 9.80. The number of hydrogen-bond acceptors (Lipinski definition) is 3. The van der Waals surface area contributed by atoms with Gasteiger partial charge in [-0.15, -0.1) is 0 Å². The van der Waals surface area contributed by atoms with Gasteiger partial charge in [-0.2, -0.15) is 0 Å². The number of piperazine rings is 1. The molecule has 1 fully saturated rings. The zero-order valence-corrected chi connectivity index (χ0v) is 20.7. The molecule has 5 nitrogen and oxygen atoms in total. The lowest BCUT2D eigenvalue weighted by Gasteiger charge is -2.35. The van der Waals surface area contributed by atoms with E-state index in [1.54, 1.807) is 12.1 Å². The van der Waals surface area contributed by atoms with Gasteiger partial charge in [0.05, 0.1) is 11.4 Å². The highest BCUT2D eigenvalue weighted by molar-refractivity contribution is 6.30. The fourth-order valence-corrected chi connectivity index (χ4v) is 4.82. The molecule has 5 rings (SSSR count). The lowest BCUT2D eigenvalue weighted by molar-refractivity contribution is -0.136. The van der Waals surface area contributed by atoms with Crippen LogP contribution in [0.15, 0.2) is 66.9 Å². The summed E-state index contributed by atoms with van der Waals surface area (Å²) >= 11 is 6.24. The Morgan fingerprint density at radius 3 is 2.37 bits per heavy atom. The Balaban J connectivity index is 1.51. The second-order valence-corrected chi connectivity index (χ2v) is 9.76. The number of hydrogen-bond donors (Lipinski definition) is 0. The van der Waals surface area contributed by atoms with Gasteiger partial charge in [0, 0.05) is 55.4 Å². The number of carbonyl (C=O) groups excluding carboxylic acids is 1. The van der Waals surface area contributed by atoms with Gasteiger partial charge in [0.1, 0.15) is 11.5 Å². The molecule has 0 N–H and O–H groups in total. The fraction of sp³-hybridized carbons (Fsp3) is 0.286. The van der Waals surface area contributed by atoms with E-state index in [0.29, 0.717) is 24.7 Å². The molecule has 4 aromatic rings. The number of nitrogens with zero attached hydrogens (tertiary/aromatic N) is 4. The number of pyridine rings is 1. The van der Waals surface area contributed by atoms with E-state index < -0.39 is 0 Å². The normalized spacial score (nSPS) is 14.7. The summed E-state index contributed by atoms with van der Waals surface area (Å²) in [6.07, 6.45) is 2.09. The van der Waals surface area contributed by atoms with Crippen LogP contribution >= 0.6 is 11.6 Å². The summed E-state index contributed by atoms with van der Waals surface area (Å²) in [6, 6.07) is 18.3. The smallest absolute Gasteiger partial charge is 0.225 e. The third-order valence-electron chi connectivity index (χ3n) is 6.54. The maximum atomic E-state index is 13.6. The number of benzene rings is 2. The highest BCUT2D eigenvalue weighted by atomic mass is 35.5. The van der Waals surface area contributed by atoms with E-state index in [0.717, 1.165) is 46.8 Å². The van der Waals surface area contributed by atoms with Crippen LogP contribution in [0.5, 0.6) is 0 Å². The Labute approximate surface area is 209 Å². The zero-order valence-electron chi connectivity index (χ0n) is 19.9. The number of fused-ring (bicyclic) bond motifs is 1. The topological polar surface area (TPSA) is 40.9 Å². The highest BCUT2D eigenvalue weighted by Gasteiger charge is 2.25. The van der Waals surface area contributed by atoms with E-state index in [2.05, 4.69) is 15.5 Å². The molecule has 0 bridgehead atoms. The van der Waals surface area contributed by atoms with E-state index >= 15 is 0 Å². The van der Waals surface area contributed by atoms with Gasteiger partial charge in [-0.25, -0.2) is 9.37 Å². The Bertz CT molecular complexity index is 1360. The van der Waals surface area contributed by atoms with Gasteiger partial charge >= 0.3 is 0 Å². The fourth-order valence-electron chi connectivity index (χ4n) is 4.63. The Morgan fingerprint density at radius 1 is 0.971 bits per heavy atom. The summed E-state index contributed by atoms with van der Waals surface area (Å²) in [7, 11) is 0. The molecule has 0 atom stereocenters. The van der Waals surface area contributed by atoms with E-state index in [-0.39, 0.29) is 17.6 Å². The van der Waals surface area contributed by atoms with Crippen molar-refractivity contribution < 1.29 is 9.18 Å². The molecule has 1 aliphatic heterocycles. The highest BCUT2D eigenvalue weighted by Crippen LogP contribution is 2.29. The van der Waals surface area contributed by atoms with Gasteiger partial charge in [0.2, 0.25) is 5.91 Å². The van der Waals surface area contributed by atoms with Gasteiger partial charge in [-0.05, 0) is 59.7 Å². The number of amides is 1. The van der Waals surface area contributed by atoms with Crippen LogP contribution in [0.3, 0.4) is 0 Å². The minimum Gasteiger partial charge on any atom is -0.340 e. The van der Waals surface area contributed by atoms with Crippen molar-refractivity contribution >= 4 is 23.2 Å². The molecular weight excluding hydrogens is 463 g/mol. The maximum absolute atomic E-state index is 13.6. The molecule has 3 heterocycles. The second-order valence-electron chi connectivity index (χ2n) is 9.33. The predicted octanol–water partition coefficient (Wildman–Crippen LogP) is 5.76. The standard InChI is InChI=1S/C28H28ClFN4O/c1-19(2)28(35)33-14-12-32(13-15-33)18-25-27(20-6-9-24(30)10-7-20)31-26-11-8-22(17-34(25)26)21-4-3-5-23(29)16-21/h3-11,16-17,19H,12-15,18H2,1-2H3. The van der Waals surface area contributed by atoms with Crippen molar-refractivity contribution in [2.45, 2.75) is 20.4 Å². The average molecular weight is 491 g/mol. The molecule has 7 heteroatoms. The first-order valence-corrected chi connectivity index (χ1v) is 12.3. The summed E-state index contributed by atoms with van der Waals surface area (Å²) in [6.45, 7) is 7.58. The minimum atomic E-state index is -0.270. The SMILES string of the molecule is CC(C)C(=O)N1CCN(Cc2c(-c3ccc(F)cc3)nc3ccc(-c4cccc(Cl)c4)cn23)CC1. The summed E-state index contributed by atoms with van der Waals surface area (Å²) in [4.78, 5) is 21.6. The van der Waals surface area contributed by atoms with Crippen LogP contribution in [0.25, 0.3) is 28.0 Å². The Morgan fingerprint density at radius 2 is 1.69 bits per heavy atom. The molecule has 180 valence electrons. The van der Waals surface area contributed by atoms with Gasteiger partial charge in [0.25, 0.3) is 0 Å². The van der Waals surface area contributed by atoms with Crippen LogP contribution in [0.2, 0.25) is 5.02 Å². The van der Waals surface area contributed by atoms with E-state index in [9.17, 15) is 9.18 Å². The van der Waals surface area contributed by atoms with Crippen LogP contribution in [0.1, 0.15) is 19.5 Å². The van der Waals surface area contributed by atoms with Gasteiger partial charge in [0.15, 0.2) is 0 Å². The molecule has 2 aromatic heterocycles. The molecule has 0 unspecified atom stereocenters. The Hall–Kier alpha value is -3.22. The van der Waals surface area contributed by atoms with Gasteiger partial charge in [-0.3, -0.25) is 9.69 Å². The molecule has 0 spiro atoms. The molecule has 35 heavy (non-hydrogen) atoms. The average Bonchev–Trinajstić information content (AvgIpc) is 3.22. The van der Waals surface area contributed by atoms with Gasteiger partial charge in [-0.1, -0.05) is 37.6 Å². The van der Waals surface area contributed by atoms with E-state index in [1.165, 1.54) is 12.1 Å². The van der Waals surface area contributed by atoms with Crippen LogP contribution in [0, 0.1) is 11.7 Å². The predicted molar refractivity (Wildman–Crippen MR) is 138 cm³/mol. The van der Waals surface area contributed by atoms with Crippen LogP contribution in [-0.4, -0.2) is 51.3 Å². The lowest BCUT2D eigenvalue weighted by Crippen LogP contribution is -2.49. The summed E-state index contributed by atoms with van der Waals surface area (Å²) < 4.78 is 15.8. The van der Waals surface area contributed by atoms with Crippen molar-refractivity contribution in [3.63, 3.8) is 0 Å². The van der Waals surface area contributed by atoms with Crippen molar-refractivity contribution in [2.24, 2.45) is 5.92 Å². The first-order valence-electron chi connectivity index (χ1n) is 11.9. The molecule has 0 aliphatic carbocycles. The third-order valence-corrected chi connectivity index (χ3v) is 6.78. The molecule has 1 aliphatic rings. The first kappa shape index (κ1) is 23.5. The van der Waals surface area contributed by atoms with Crippen LogP contribution in [-0.2, 0) is 11.3 Å². The zero-order chi connectivity index (χ0) is 24.5. The van der Waals surface area contributed by atoms with Crippen LogP contribution < -0.4 is 0 Å². The molecule has 0 saturated carbocycles. The Kier molecular flexibility index (Phi) is 6.58. The van der Waals surface area contributed by atoms with E-state index in [4.69, 9.17) is 16.6 Å². The quantitative estimate of drug-likeness (QED) is 0.357. The van der Waals surface area contributed by atoms with E-state index in [1.807, 2.05) is 55.1 Å². The summed E-state index contributed by atoms with van der Waals surface area (Å²) in [5.41, 5.74) is 5.66. The molecule has 2 aromatic carbocycles. The lowest BCUT2D eigenvalue weighted by atomic mass is 10.1. The van der Waals surface area contributed by atoms with Crippen molar-refractivity contribution in [3.05, 3.63) is 83.4 Å². The van der Waals surface area contributed by atoms with Crippen molar-refractivity contribution in [1.82, 2.24) is 19.2 Å². The summed E-state index contributed by atoms with van der Waals surface area (Å²) in [5.74, 6) is -0.0545. The van der Waals surface area contributed by atoms with Gasteiger partial charge < -0.3 is 9.30 Å². The molecule has 1 saturated heterocycles.